The fourth-order valence-electron chi connectivity index (χ4n) is 2.38. The van der Waals surface area contributed by atoms with Crippen molar-refractivity contribution in [1.29, 1.82) is 0 Å². The van der Waals surface area contributed by atoms with Crippen LogP contribution in [0.15, 0.2) is 0 Å². The molecule has 0 aromatic heterocycles. The van der Waals surface area contributed by atoms with Crippen LogP contribution in [0.2, 0.25) is 0 Å². The summed E-state index contributed by atoms with van der Waals surface area (Å²) < 4.78 is 0. The van der Waals surface area contributed by atoms with Gasteiger partial charge in [0.25, 0.3) is 0 Å². The average Bonchev–Trinajstić information content (AvgIpc) is 2.23. The van der Waals surface area contributed by atoms with Gasteiger partial charge in [-0.15, -0.1) is 0 Å². The average molecular weight is 229 g/mol. The van der Waals surface area contributed by atoms with Gasteiger partial charge in [-0.3, -0.25) is 4.79 Å². The van der Waals surface area contributed by atoms with Crippen LogP contribution in [0.25, 0.3) is 0 Å². The molecule has 2 atom stereocenters. The fraction of sp³-hybridized carbons (Fsp3) is 0.917. The monoisotopic (exact) mass is 229 g/mol. The number of nitrogens with one attached hydrogen (secondary N) is 1. The van der Waals surface area contributed by atoms with Gasteiger partial charge in [-0.1, -0.05) is 19.8 Å². The summed E-state index contributed by atoms with van der Waals surface area (Å²) in [5.74, 6) is 0.453. The lowest BCUT2D eigenvalue weighted by Gasteiger charge is -2.35. The van der Waals surface area contributed by atoms with E-state index in [0.717, 1.165) is 19.3 Å². The molecule has 1 rings (SSSR count). The molecular formula is C12H23NO3. The van der Waals surface area contributed by atoms with Crippen molar-refractivity contribution in [2.24, 2.45) is 5.92 Å². The van der Waals surface area contributed by atoms with E-state index in [0.29, 0.717) is 25.3 Å². The quantitative estimate of drug-likeness (QED) is 0.653. The molecule has 4 nitrogen and oxygen atoms in total. The summed E-state index contributed by atoms with van der Waals surface area (Å²) in [5, 5.41) is 21.6. The maximum absolute atomic E-state index is 11.3. The van der Waals surface area contributed by atoms with Crippen molar-refractivity contribution in [3.63, 3.8) is 0 Å². The highest BCUT2D eigenvalue weighted by molar-refractivity contribution is 5.75. The summed E-state index contributed by atoms with van der Waals surface area (Å²) in [6.07, 6.45) is 4.57. The summed E-state index contributed by atoms with van der Waals surface area (Å²) in [5.41, 5.74) is -0.716. The second-order valence-corrected chi connectivity index (χ2v) is 5.03. The van der Waals surface area contributed by atoms with E-state index in [1.54, 1.807) is 0 Å². The molecule has 0 aromatic carbocycles. The lowest BCUT2D eigenvalue weighted by Crippen LogP contribution is -2.45. The molecule has 4 heteroatoms. The zero-order valence-electron chi connectivity index (χ0n) is 10.0. The zero-order valence-corrected chi connectivity index (χ0v) is 10.0. The lowest BCUT2D eigenvalue weighted by molar-refractivity contribution is -0.123. The molecular weight excluding hydrogens is 206 g/mol. The van der Waals surface area contributed by atoms with Gasteiger partial charge >= 0.3 is 0 Å². The van der Waals surface area contributed by atoms with E-state index in [9.17, 15) is 9.90 Å². The number of aliphatic hydroxyl groups excluding tert-OH is 1. The first-order valence-corrected chi connectivity index (χ1v) is 6.16. The third-order valence-corrected chi connectivity index (χ3v) is 3.24. The molecule has 1 aliphatic carbocycles. The molecule has 16 heavy (non-hydrogen) atoms. The number of carbonyl (C=O) groups is 1. The van der Waals surface area contributed by atoms with E-state index in [4.69, 9.17) is 5.11 Å². The maximum atomic E-state index is 11.3. The minimum atomic E-state index is -0.716. The minimum Gasteiger partial charge on any atom is -0.396 e. The Hall–Kier alpha value is -0.610. The van der Waals surface area contributed by atoms with Gasteiger partial charge in [0.05, 0.1) is 5.60 Å². The Kier molecular flexibility index (Phi) is 5.22. The molecule has 1 fully saturated rings. The number of aliphatic hydroxyl groups is 2. The predicted octanol–water partition coefficient (Wildman–Crippen LogP) is 0.816. The van der Waals surface area contributed by atoms with Crippen LogP contribution in [-0.2, 0) is 4.79 Å². The van der Waals surface area contributed by atoms with Crippen LogP contribution >= 0.6 is 0 Å². The second-order valence-electron chi connectivity index (χ2n) is 5.03. The van der Waals surface area contributed by atoms with Crippen LogP contribution < -0.4 is 5.32 Å². The molecule has 0 radical (unpaired) electrons. The molecule has 0 saturated heterocycles. The lowest BCUT2D eigenvalue weighted by atomic mass is 9.79. The SMILES string of the molecule is CC1CCCC(O)(CNC(=O)CCCO)C1. The van der Waals surface area contributed by atoms with Crippen molar-refractivity contribution >= 4 is 5.91 Å². The Morgan fingerprint density at radius 1 is 1.56 bits per heavy atom. The van der Waals surface area contributed by atoms with Gasteiger partial charge in [-0.2, -0.15) is 0 Å². The van der Waals surface area contributed by atoms with Crippen LogP contribution in [0.5, 0.6) is 0 Å². The number of rotatable bonds is 5. The van der Waals surface area contributed by atoms with Crippen molar-refractivity contribution < 1.29 is 15.0 Å². The first-order chi connectivity index (χ1) is 7.56. The van der Waals surface area contributed by atoms with Gasteiger partial charge in [0.1, 0.15) is 0 Å². The molecule has 1 saturated carbocycles. The minimum absolute atomic E-state index is 0.0364. The van der Waals surface area contributed by atoms with E-state index in [1.807, 2.05) is 0 Å². The highest BCUT2D eigenvalue weighted by Crippen LogP contribution is 2.31. The largest absolute Gasteiger partial charge is 0.396 e. The number of hydrogen-bond acceptors (Lipinski definition) is 3. The van der Waals surface area contributed by atoms with Gasteiger partial charge < -0.3 is 15.5 Å². The Morgan fingerprint density at radius 2 is 2.31 bits per heavy atom. The van der Waals surface area contributed by atoms with E-state index < -0.39 is 5.60 Å². The van der Waals surface area contributed by atoms with Crippen molar-refractivity contribution in [3.05, 3.63) is 0 Å². The van der Waals surface area contributed by atoms with Gasteiger partial charge in [-0.05, 0) is 25.2 Å². The Labute approximate surface area is 97.0 Å². The smallest absolute Gasteiger partial charge is 0.220 e. The molecule has 2 unspecified atom stereocenters. The predicted molar refractivity (Wildman–Crippen MR) is 61.9 cm³/mol. The number of hydrogen-bond donors (Lipinski definition) is 3. The summed E-state index contributed by atoms with van der Waals surface area (Å²) >= 11 is 0. The molecule has 1 amide bonds. The molecule has 94 valence electrons. The third-order valence-electron chi connectivity index (χ3n) is 3.24. The van der Waals surface area contributed by atoms with Crippen LogP contribution in [0.1, 0.15) is 45.4 Å². The molecule has 0 aromatic rings. The van der Waals surface area contributed by atoms with Gasteiger partial charge in [0.2, 0.25) is 5.91 Å². The van der Waals surface area contributed by atoms with Crippen LogP contribution in [0.3, 0.4) is 0 Å². The summed E-state index contributed by atoms with van der Waals surface area (Å²) in [4.78, 5) is 11.3. The topological polar surface area (TPSA) is 69.6 Å². The van der Waals surface area contributed by atoms with E-state index >= 15 is 0 Å². The normalized spacial score (nSPS) is 30.1. The molecule has 3 N–H and O–H groups in total. The van der Waals surface area contributed by atoms with Gasteiger partial charge in [-0.25, -0.2) is 0 Å². The molecule has 0 spiro atoms. The third kappa shape index (κ3) is 4.49. The van der Waals surface area contributed by atoms with Crippen LogP contribution in [0.4, 0.5) is 0 Å². The molecule has 1 aliphatic rings. The van der Waals surface area contributed by atoms with Crippen molar-refractivity contribution in [2.75, 3.05) is 13.2 Å². The Balaban J connectivity index is 2.27. The first-order valence-electron chi connectivity index (χ1n) is 6.16. The Bertz CT molecular complexity index is 232. The highest BCUT2D eigenvalue weighted by Gasteiger charge is 2.32. The summed E-state index contributed by atoms with van der Waals surface area (Å²) in [6.45, 7) is 2.52. The van der Waals surface area contributed by atoms with E-state index in [2.05, 4.69) is 12.2 Å². The van der Waals surface area contributed by atoms with Crippen molar-refractivity contribution in [3.8, 4) is 0 Å². The van der Waals surface area contributed by atoms with E-state index in [1.165, 1.54) is 6.42 Å². The van der Waals surface area contributed by atoms with Gasteiger partial charge in [0.15, 0.2) is 0 Å². The molecule has 0 heterocycles. The van der Waals surface area contributed by atoms with Crippen LogP contribution in [-0.4, -0.2) is 34.9 Å². The zero-order chi connectivity index (χ0) is 12.0. The first kappa shape index (κ1) is 13.5. The standard InChI is InChI=1S/C12H23NO3/c1-10-4-2-6-12(16,8-10)9-13-11(15)5-3-7-14/h10,14,16H,2-9H2,1H3,(H,13,15). The fourth-order valence-corrected chi connectivity index (χ4v) is 2.38. The van der Waals surface area contributed by atoms with Crippen LogP contribution in [0, 0.1) is 5.92 Å². The molecule has 0 bridgehead atoms. The highest BCUT2D eigenvalue weighted by atomic mass is 16.3. The number of amides is 1. The van der Waals surface area contributed by atoms with Crippen molar-refractivity contribution in [1.82, 2.24) is 5.32 Å². The number of carbonyl (C=O) groups excluding carboxylic acids is 1. The van der Waals surface area contributed by atoms with Crippen molar-refractivity contribution in [2.45, 2.75) is 51.0 Å². The Morgan fingerprint density at radius 3 is 2.94 bits per heavy atom. The maximum Gasteiger partial charge on any atom is 0.220 e. The summed E-state index contributed by atoms with van der Waals surface area (Å²) in [7, 11) is 0. The summed E-state index contributed by atoms with van der Waals surface area (Å²) in [6, 6.07) is 0. The van der Waals surface area contributed by atoms with E-state index in [-0.39, 0.29) is 12.5 Å². The molecule has 0 aliphatic heterocycles. The second kappa shape index (κ2) is 6.21. The van der Waals surface area contributed by atoms with Gasteiger partial charge in [0, 0.05) is 19.6 Å².